The van der Waals surface area contributed by atoms with Crippen molar-refractivity contribution < 1.29 is 18.3 Å². The number of hydrogen-bond acceptors (Lipinski definition) is 4. The van der Waals surface area contributed by atoms with Crippen molar-refractivity contribution in [2.24, 2.45) is 0 Å². The first-order chi connectivity index (χ1) is 10.9. The number of fused-ring (bicyclic) bond motifs is 1. The molecule has 0 fully saturated rings. The molecule has 0 aliphatic heterocycles. The van der Waals surface area contributed by atoms with Gasteiger partial charge >= 0.3 is 5.97 Å². The number of benzene rings is 2. The molecule has 0 saturated heterocycles. The number of carboxylic acids is 1. The van der Waals surface area contributed by atoms with Crippen LogP contribution in [0.1, 0.15) is 11.4 Å². The smallest absolute Gasteiger partial charge is 0.311 e. The van der Waals surface area contributed by atoms with E-state index in [9.17, 15) is 13.2 Å². The number of aromatic nitrogens is 2. The zero-order chi connectivity index (χ0) is 16.6. The zero-order valence-corrected chi connectivity index (χ0v) is 13.1. The lowest BCUT2D eigenvalue weighted by molar-refractivity contribution is -0.136. The van der Waals surface area contributed by atoms with Gasteiger partial charge in [-0.3, -0.25) is 4.79 Å². The van der Waals surface area contributed by atoms with Gasteiger partial charge in [0, 0.05) is 0 Å². The van der Waals surface area contributed by atoms with Crippen LogP contribution >= 0.6 is 0 Å². The number of aliphatic carboxylic acids is 1. The van der Waals surface area contributed by atoms with E-state index in [0.29, 0.717) is 11.0 Å². The normalized spacial score (nSPS) is 11.7. The quantitative estimate of drug-likeness (QED) is 0.792. The Morgan fingerprint density at radius 1 is 1.13 bits per heavy atom. The van der Waals surface area contributed by atoms with E-state index in [-0.39, 0.29) is 10.7 Å². The number of imidazole rings is 1. The molecule has 0 aliphatic rings. The van der Waals surface area contributed by atoms with Crippen LogP contribution in [0.15, 0.2) is 53.4 Å². The number of aryl methyl sites for hydroxylation is 1. The molecule has 2 aromatic carbocycles. The maximum Gasteiger partial charge on any atom is 0.311 e. The lowest BCUT2D eigenvalue weighted by Gasteiger charge is -2.10. The highest BCUT2D eigenvalue weighted by atomic mass is 32.2. The first-order valence-electron chi connectivity index (χ1n) is 6.90. The van der Waals surface area contributed by atoms with Gasteiger partial charge in [0.05, 0.1) is 15.9 Å². The number of hydrogen-bond donors (Lipinski definition) is 1. The monoisotopic (exact) mass is 330 g/mol. The topological polar surface area (TPSA) is 89.3 Å². The summed E-state index contributed by atoms with van der Waals surface area (Å²) in [5, 5.41) is 9.04. The van der Waals surface area contributed by atoms with Crippen molar-refractivity contribution in [3.63, 3.8) is 0 Å². The van der Waals surface area contributed by atoms with Crippen molar-refractivity contribution in [2.45, 2.75) is 18.2 Å². The van der Waals surface area contributed by atoms with Crippen LogP contribution in [0.5, 0.6) is 0 Å². The van der Waals surface area contributed by atoms with Gasteiger partial charge in [0.2, 0.25) is 0 Å². The van der Waals surface area contributed by atoms with E-state index in [4.69, 9.17) is 5.11 Å². The molecule has 1 heterocycles. The third-order valence-corrected chi connectivity index (χ3v) is 5.21. The van der Waals surface area contributed by atoms with Crippen molar-refractivity contribution in [2.75, 3.05) is 0 Å². The molecule has 0 bridgehead atoms. The molecule has 0 unspecified atom stereocenters. The molecule has 1 N–H and O–H groups in total. The van der Waals surface area contributed by atoms with Gasteiger partial charge in [-0.05, 0) is 31.2 Å². The maximum absolute atomic E-state index is 13.0. The third-order valence-electron chi connectivity index (χ3n) is 3.45. The van der Waals surface area contributed by atoms with E-state index in [1.54, 1.807) is 36.4 Å². The minimum absolute atomic E-state index is 0.0146. The zero-order valence-electron chi connectivity index (χ0n) is 12.3. The Morgan fingerprint density at radius 3 is 2.43 bits per heavy atom. The fraction of sp³-hybridized carbons (Fsp3) is 0.125. The first-order valence-corrected chi connectivity index (χ1v) is 8.34. The molecule has 1 aromatic heterocycles. The van der Waals surface area contributed by atoms with Crippen LogP contribution in [0, 0.1) is 6.92 Å². The summed E-state index contributed by atoms with van der Waals surface area (Å²) in [5.41, 5.74) is 1.74. The highest BCUT2D eigenvalue weighted by Crippen LogP contribution is 2.23. The molecular weight excluding hydrogens is 316 g/mol. The Labute approximate surface area is 133 Å². The highest BCUT2D eigenvalue weighted by molar-refractivity contribution is 7.90. The van der Waals surface area contributed by atoms with Gasteiger partial charge in [-0.25, -0.2) is 17.4 Å². The van der Waals surface area contributed by atoms with Crippen LogP contribution in [-0.2, 0) is 21.2 Å². The van der Waals surface area contributed by atoms with Crippen molar-refractivity contribution in [1.29, 1.82) is 0 Å². The fourth-order valence-electron chi connectivity index (χ4n) is 2.38. The van der Waals surface area contributed by atoms with Crippen LogP contribution in [0.2, 0.25) is 0 Å². The van der Waals surface area contributed by atoms with E-state index >= 15 is 0 Å². The third kappa shape index (κ3) is 2.70. The van der Waals surface area contributed by atoms with Crippen LogP contribution in [0.25, 0.3) is 11.0 Å². The Balaban J connectivity index is 2.28. The minimum atomic E-state index is -3.92. The number of carbonyl (C=O) groups is 1. The molecule has 0 atom stereocenters. The van der Waals surface area contributed by atoms with Crippen LogP contribution in [-0.4, -0.2) is 28.5 Å². The molecule has 3 rings (SSSR count). The summed E-state index contributed by atoms with van der Waals surface area (Å²) < 4.78 is 26.9. The molecule has 0 spiro atoms. The predicted molar refractivity (Wildman–Crippen MR) is 84.8 cm³/mol. The molecular formula is C16H14N2O4S. The largest absolute Gasteiger partial charge is 0.481 e. The first kappa shape index (κ1) is 15.2. The van der Waals surface area contributed by atoms with Crippen molar-refractivity contribution >= 4 is 27.0 Å². The summed E-state index contributed by atoms with van der Waals surface area (Å²) in [6.45, 7) is 1.86. The molecule has 0 radical (unpaired) electrons. The van der Waals surface area contributed by atoms with E-state index in [1.165, 1.54) is 12.1 Å². The Hall–Kier alpha value is -2.67. The van der Waals surface area contributed by atoms with Gasteiger partial charge in [0.15, 0.2) is 0 Å². The van der Waals surface area contributed by atoms with Crippen molar-refractivity contribution in [1.82, 2.24) is 8.96 Å². The van der Waals surface area contributed by atoms with Crippen LogP contribution in [0.4, 0.5) is 0 Å². The highest BCUT2D eigenvalue weighted by Gasteiger charge is 2.25. The molecule has 0 aliphatic carbocycles. The van der Waals surface area contributed by atoms with Gasteiger partial charge in [0.1, 0.15) is 12.2 Å². The molecule has 6 nitrogen and oxygen atoms in total. The van der Waals surface area contributed by atoms with Crippen LogP contribution in [0.3, 0.4) is 0 Å². The van der Waals surface area contributed by atoms with Gasteiger partial charge in [-0.15, -0.1) is 0 Å². The summed E-state index contributed by atoms with van der Waals surface area (Å²) in [5.74, 6) is -1.15. The summed E-state index contributed by atoms with van der Waals surface area (Å²) >= 11 is 0. The van der Waals surface area contributed by atoms with Crippen LogP contribution < -0.4 is 0 Å². The standard InChI is InChI=1S/C16H14N2O4S/c1-11-6-8-12(9-7-11)23(21,22)18-14-5-3-2-4-13(14)17-15(18)10-16(19)20/h2-9H,10H2,1H3,(H,19,20). The lowest BCUT2D eigenvalue weighted by atomic mass is 10.2. The number of nitrogens with zero attached hydrogens (tertiary/aromatic N) is 2. The van der Waals surface area contributed by atoms with E-state index in [2.05, 4.69) is 4.98 Å². The molecule has 3 aromatic rings. The van der Waals surface area contributed by atoms with Gasteiger partial charge in [-0.2, -0.15) is 0 Å². The van der Waals surface area contributed by atoms with Gasteiger partial charge in [-0.1, -0.05) is 29.8 Å². The predicted octanol–water partition coefficient (Wildman–Crippen LogP) is 2.21. The summed E-state index contributed by atoms with van der Waals surface area (Å²) in [4.78, 5) is 15.3. The second-order valence-corrected chi connectivity index (χ2v) is 6.96. The minimum Gasteiger partial charge on any atom is -0.481 e. The average molecular weight is 330 g/mol. The number of para-hydroxylation sites is 2. The van der Waals surface area contributed by atoms with Gasteiger partial charge < -0.3 is 5.11 Å². The summed E-state index contributed by atoms with van der Waals surface area (Å²) in [6.07, 6.45) is -0.472. The SMILES string of the molecule is Cc1ccc(S(=O)(=O)n2c(CC(=O)O)nc3ccccc32)cc1. The van der Waals surface area contributed by atoms with Crippen molar-refractivity contribution in [3.8, 4) is 0 Å². The fourth-order valence-corrected chi connectivity index (χ4v) is 3.87. The summed E-state index contributed by atoms with van der Waals surface area (Å²) in [6, 6.07) is 13.1. The molecule has 118 valence electrons. The molecule has 0 saturated carbocycles. The molecule has 23 heavy (non-hydrogen) atoms. The van der Waals surface area contributed by atoms with Gasteiger partial charge in [0.25, 0.3) is 10.0 Å². The molecule has 7 heteroatoms. The van der Waals surface area contributed by atoms with E-state index in [1.807, 2.05) is 6.92 Å². The molecule has 0 amide bonds. The average Bonchev–Trinajstić information content (AvgIpc) is 2.85. The second-order valence-electron chi connectivity index (χ2n) is 5.17. The Kier molecular flexibility index (Phi) is 3.65. The number of carboxylic acid groups (broad SMARTS) is 1. The Bertz CT molecular complexity index is 989. The number of rotatable bonds is 4. The lowest BCUT2D eigenvalue weighted by Crippen LogP contribution is -2.18. The van der Waals surface area contributed by atoms with E-state index in [0.717, 1.165) is 9.54 Å². The maximum atomic E-state index is 13.0. The Morgan fingerprint density at radius 2 is 1.78 bits per heavy atom. The van der Waals surface area contributed by atoms with Crippen molar-refractivity contribution in [3.05, 3.63) is 59.9 Å². The van der Waals surface area contributed by atoms with E-state index < -0.39 is 22.4 Å². The summed E-state index contributed by atoms with van der Waals surface area (Å²) in [7, 11) is -3.92. The second kappa shape index (κ2) is 5.51.